The second-order valence-electron chi connectivity index (χ2n) is 7.27. The molecule has 0 atom stereocenters. The van der Waals surface area contributed by atoms with Crippen LogP contribution in [-0.2, 0) is 13.0 Å². The normalized spacial score (nSPS) is 14.5. The zero-order chi connectivity index (χ0) is 20.5. The van der Waals surface area contributed by atoms with E-state index >= 15 is 0 Å². The van der Waals surface area contributed by atoms with Gasteiger partial charge in [-0.05, 0) is 36.1 Å². The van der Waals surface area contributed by atoms with Crippen molar-refractivity contribution >= 4 is 6.03 Å². The Kier molecular flexibility index (Phi) is 7.76. The first kappa shape index (κ1) is 21.0. The van der Waals surface area contributed by atoms with Crippen molar-refractivity contribution in [3.05, 3.63) is 59.7 Å². The highest BCUT2D eigenvalue weighted by atomic mass is 16.5. The summed E-state index contributed by atoms with van der Waals surface area (Å²) in [5, 5.41) is 3.05. The number of urea groups is 1. The number of carbonyl (C=O) groups excluding carboxylic acids is 1. The standard InChI is InChI=1S/C23H31N3O3/c1-28-21-11-10-20(17-22(21)29-2)18-25-13-15-26(16-14-25)23(27)24-12-6-9-19-7-4-3-5-8-19/h3-5,7-8,10-11,17H,6,9,12-16,18H2,1-2H3,(H,24,27). The quantitative estimate of drug-likeness (QED) is 0.695. The molecule has 1 aliphatic heterocycles. The van der Waals surface area contributed by atoms with Crippen molar-refractivity contribution in [3.63, 3.8) is 0 Å². The summed E-state index contributed by atoms with van der Waals surface area (Å²) < 4.78 is 10.7. The number of benzene rings is 2. The van der Waals surface area contributed by atoms with Crippen LogP contribution in [0.5, 0.6) is 11.5 Å². The lowest BCUT2D eigenvalue weighted by Crippen LogP contribution is -2.51. The molecule has 29 heavy (non-hydrogen) atoms. The van der Waals surface area contributed by atoms with E-state index < -0.39 is 0 Å². The molecule has 1 saturated heterocycles. The maximum atomic E-state index is 12.4. The van der Waals surface area contributed by atoms with Crippen LogP contribution in [0.4, 0.5) is 4.79 Å². The van der Waals surface area contributed by atoms with Crippen molar-refractivity contribution < 1.29 is 14.3 Å². The summed E-state index contributed by atoms with van der Waals surface area (Å²) in [5.74, 6) is 1.49. The third kappa shape index (κ3) is 6.12. The number of rotatable bonds is 8. The predicted molar refractivity (Wildman–Crippen MR) is 115 cm³/mol. The van der Waals surface area contributed by atoms with Crippen LogP contribution in [0, 0.1) is 0 Å². The number of nitrogens with one attached hydrogen (secondary N) is 1. The van der Waals surface area contributed by atoms with Crippen molar-refractivity contribution in [2.75, 3.05) is 46.9 Å². The van der Waals surface area contributed by atoms with Crippen LogP contribution in [0.1, 0.15) is 17.5 Å². The average Bonchev–Trinajstić information content (AvgIpc) is 2.77. The van der Waals surface area contributed by atoms with Gasteiger partial charge >= 0.3 is 6.03 Å². The van der Waals surface area contributed by atoms with E-state index in [1.165, 1.54) is 11.1 Å². The Morgan fingerprint density at radius 3 is 2.34 bits per heavy atom. The zero-order valence-electron chi connectivity index (χ0n) is 17.4. The highest BCUT2D eigenvalue weighted by Crippen LogP contribution is 2.28. The average molecular weight is 398 g/mol. The maximum Gasteiger partial charge on any atom is 0.317 e. The van der Waals surface area contributed by atoms with E-state index in [4.69, 9.17) is 9.47 Å². The molecule has 1 aliphatic rings. The first-order valence-corrected chi connectivity index (χ1v) is 10.2. The number of methoxy groups -OCH3 is 2. The van der Waals surface area contributed by atoms with Crippen LogP contribution in [0.3, 0.4) is 0 Å². The minimum Gasteiger partial charge on any atom is -0.493 e. The lowest BCUT2D eigenvalue weighted by molar-refractivity contribution is 0.135. The lowest BCUT2D eigenvalue weighted by Gasteiger charge is -2.34. The van der Waals surface area contributed by atoms with Gasteiger partial charge in [0, 0.05) is 39.3 Å². The Morgan fingerprint density at radius 2 is 1.66 bits per heavy atom. The molecule has 2 aromatic rings. The van der Waals surface area contributed by atoms with E-state index in [9.17, 15) is 4.79 Å². The van der Waals surface area contributed by atoms with Gasteiger partial charge in [-0.15, -0.1) is 0 Å². The van der Waals surface area contributed by atoms with Crippen molar-refractivity contribution in [2.45, 2.75) is 19.4 Å². The van der Waals surface area contributed by atoms with E-state index in [0.29, 0.717) is 6.54 Å². The molecule has 1 fully saturated rings. The predicted octanol–water partition coefficient (Wildman–Crippen LogP) is 3.16. The highest BCUT2D eigenvalue weighted by Gasteiger charge is 2.21. The largest absolute Gasteiger partial charge is 0.493 e. The molecule has 6 nitrogen and oxygen atoms in total. The molecule has 2 amide bonds. The van der Waals surface area contributed by atoms with Crippen molar-refractivity contribution in [2.24, 2.45) is 0 Å². The number of ether oxygens (including phenoxy) is 2. The first-order chi connectivity index (χ1) is 14.2. The van der Waals surface area contributed by atoms with Gasteiger partial charge in [-0.25, -0.2) is 4.79 Å². The Hall–Kier alpha value is -2.73. The van der Waals surface area contributed by atoms with E-state index in [0.717, 1.165) is 57.1 Å². The molecule has 2 aromatic carbocycles. The number of hydrogen-bond acceptors (Lipinski definition) is 4. The summed E-state index contributed by atoms with van der Waals surface area (Å²) in [4.78, 5) is 16.7. The fraction of sp³-hybridized carbons (Fsp3) is 0.435. The summed E-state index contributed by atoms with van der Waals surface area (Å²) in [7, 11) is 3.29. The molecule has 0 aromatic heterocycles. The molecule has 0 aliphatic carbocycles. The second kappa shape index (κ2) is 10.7. The number of aryl methyl sites for hydroxylation is 1. The molecule has 0 bridgehead atoms. The SMILES string of the molecule is COc1ccc(CN2CCN(C(=O)NCCCc3ccccc3)CC2)cc1OC. The number of carbonyl (C=O) groups is 1. The molecule has 1 N–H and O–H groups in total. The third-order valence-corrected chi connectivity index (χ3v) is 5.27. The minimum absolute atomic E-state index is 0.0452. The van der Waals surface area contributed by atoms with Crippen LogP contribution in [-0.4, -0.2) is 62.8 Å². The van der Waals surface area contributed by atoms with Gasteiger partial charge in [0.1, 0.15) is 0 Å². The third-order valence-electron chi connectivity index (χ3n) is 5.27. The summed E-state index contributed by atoms with van der Waals surface area (Å²) in [5.41, 5.74) is 2.49. The Balaban J connectivity index is 1.38. The van der Waals surface area contributed by atoms with Gasteiger partial charge in [-0.2, -0.15) is 0 Å². The van der Waals surface area contributed by atoms with Crippen molar-refractivity contribution in [1.82, 2.24) is 15.1 Å². The molecule has 3 rings (SSSR count). The zero-order valence-corrected chi connectivity index (χ0v) is 17.4. The number of nitrogens with zero attached hydrogens (tertiary/aromatic N) is 2. The van der Waals surface area contributed by atoms with Gasteiger partial charge in [0.15, 0.2) is 11.5 Å². The van der Waals surface area contributed by atoms with Gasteiger partial charge in [0.05, 0.1) is 14.2 Å². The molecular weight excluding hydrogens is 366 g/mol. The molecular formula is C23H31N3O3. The fourth-order valence-corrected chi connectivity index (χ4v) is 3.59. The van der Waals surface area contributed by atoms with Gasteiger partial charge < -0.3 is 19.7 Å². The molecule has 0 unspecified atom stereocenters. The lowest BCUT2D eigenvalue weighted by atomic mass is 10.1. The van der Waals surface area contributed by atoms with Crippen LogP contribution in [0.15, 0.2) is 48.5 Å². The Labute approximate surface area is 173 Å². The molecule has 0 saturated carbocycles. The van der Waals surface area contributed by atoms with Crippen LogP contribution >= 0.6 is 0 Å². The van der Waals surface area contributed by atoms with E-state index in [2.05, 4.69) is 40.5 Å². The van der Waals surface area contributed by atoms with Crippen LogP contribution in [0.25, 0.3) is 0 Å². The number of piperazine rings is 1. The monoisotopic (exact) mass is 397 g/mol. The van der Waals surface area contributed by atoms with Gasteiger partial charge in [0.2, 0.25) is 0 Å². The summed E-state index contributed by atoms with van der Waals surface area (Å²) in [6.45, 7) is 4.78. The van der Waals surface area contributed by atoms with E-state index in [1.807, 2.05) is 23.1 Å². The van der Waals surface area contributed by atoms with Crippen molar-refractivity contribution in [3.8, 4) is 11.5 Å². The second-order valence-corrected chi connectivity index (χ2v) is 7.27. The molecule has 156 valence electrons. The molecule has 6 heteroatoms. The summed E-state index contributed by atoms with van der Waals surface area (Å²) in [6.07, 6.45) is 1.94. The van der Waals surface area contributed by atoms with Crippen LogP contribution < -0.4 is 14.8 Å². The van der Waals surface area contributed by atoms with Gasteiger partial charge in [0.25, 0.3) is 0 Å². The maximum absolute atomic E-state index is 12.4. The molecule has 0 radical (unpaired) electrons. The molecule has 0 spiro atoms. The number of amides is 2. The Morgan fingerprint density at radius 1 is 0.931 bits per heavy atom. The van der Waals surface area contributed by atoms with Crippen LogP contribution in [0.2, 0.25) is 0 Å². The highest BCUT2D eigenvalue weighted by molar-refractivity contribution is 5.74. The fourth-order valence-electron chi connectivity index (χ4n) is 3.59. The first-order valence-electron chi connectivity index (χ1n) is 10.2. The van der Waals surface area contributed by atoms with Gasteiger partial charge in [-0.3, -0.25) is 4.90 Å². The van der Waals surface area contributed by atoms with E-state index in [-0.39, 0.29) is 6.03 Å². The molecule has 1 heterocycles. The minimum atomic E-state index is 0.0452. The topological polar surface area (TPSA) is 54.0 Å². The van der Waals surface area contributed by atoms with Crippen molar-refractivity contribution in [1.29, 1.82) is 0 Å². The number of hydrogen-bond donors (Lipinski definition) is 1. The smallest absolute Gasteiger partial charge is 0.317 e. The summed E-state index contributed by atoms with van der Waals surface area (Å²) >= 11 is 0. The van der Waals surface area contributed by atoms with Gasteiger partial charge in [-0.1, -0.05) is 36.4 Å². The Bertz CT molecular complexity index is 774. The van der Waals surface area contributed by atoms with E-state index in [1.54, 1.807) is 14.2 Å². The summed E-state index contributed by atoms with van der Waals surface area (Å²) in [6, 6.07) is 16.4.